The van der Waals surface area contributed by atoms with E-state index in [0.29, 0.717) is 11.6 Å². The van der Waals surface area contributed by atoms with Crippen LogP contribution in [-0.4, -0.2) is 17.6 Å². The Bertz CT molecular complexity index is 535. The van der Waals surface area contributed by atoms with Crippen LogP contribution in [0.3, 0.4) is 0 Å². The van der Waals surface area contributed by atoms with Crippen molar-refractivity contribution in [3.05, 3.63) is 34.3 Å². The molecule has 1 heterocycles. The van der Waals surface area contributed by atoms with Gasteiger partial charge >= 0.3 is 5.97 Å². The van der Waals surface area contributed by atoms with Gasteiger partial charge in [0.25, 0.3) is 0 Å². The first-order valence-electron chi connectivity index (χ1n) is 5.60. The zero-order valence-electron chi connectivity index (χ0n) is 9.76. The first-order chi connectivity index (χ1) is 8.74. The van der Waals surface area contributed by atoms with Crippen molar-refractivity contribution >= 4 is 23.4 Å². The van der Waals surface area contributed by atoms with Crippen molar-refractivity contribution in [1.82, 2.24) is 4.98 Å². The summed E-state index contributed by atoms with van der Waals surface area (Å²) >= 11 is 1.57. The standard InChI is InChI=1S/C13H12N2O2S/c1-2-5-17-13(16)10(7-14)6-11-8-18-12(15-11)9-3-4-9/h2,6,8-9H,1,3-5H2. The van der Waals surface area contributed by atoms with Gasteiger partial charge in [0.1, 0.15) is 18.2 Å². The number of thiazole rings is 1. The van der Waals surface area contributed by atoms with Crippen LogP contribution in [0.15, 0.2) is 23.6 Å². The molecule has 0 atom stereocenters. The summed E-state index contributed by atoms with van der Waals surface area (Å²) in [7, 11) is 0. The smallest absolute Gasteiger partial charge is 0.349 e. The van der Waals surface area contributed by atoms with E-state index in [2.05, 4.69) is 11.6 Å². The van der Waals surface area contributed by atoms with Crippen LogP contribution in [-0.2, 0) is 9.53 Å². The van der Waals surface area contributed by atoms with Crippen molar-refractivity contribution in [3.8, 4) is 6.07 Å². The fourth-order valence-corrected chi connectivity index (χ4v) is 2.33. The third-order valence-electron chi connectivity index (χ3n) is 2.43. The van der Waals surface area contributed by atoms with Crippen molar-refractivity contribution in [1.29, 1.82) is 5.26 Å². The van der Waals surface area contributed by atoms with Gasteiger partial charge in [-0.1, -0.05) is 12.7 Å². The van der Waals surface area contributed by atoms with E-state index in [4.69, 9.17) is 10.00 Å². The Balaban J connectivity index is 2.09. The molecule has 1 aliphatic rings. The fourth-order valence-electron chi connectivity index (χ4n) is 1.38. The molecular formula is C13H12N2O2S. The van der Waals surface area contributed by atoms with Gasteiger partial charge in [0.2, 0.25) is 0 Å². The number of esters is 1. The molecule has 1 saturated carbocycles. The lowest BCUT2D eigenvalue weighted by Gasteiger charge is -1.98. The summed E-state index contributed by atoms with van der Waals surface area (Å²) in [5.41, 5.74) is 0.610. The summed E-state index contributed by atoms with van der Waals surface area (Å²) in [5, 5.41) is 11.9. The highest BCUT2D eigenvalue weighted by Crippen LogP contribution is 2.41. The number of aromatic nitrogens is 1. The predicted octanol–water partition coefficient (Wildman–Crippen LogP) is 2.66. The lowest BCUT2D eigenvalue weighted by molar-refractivity contribution is -0.137. The van der Waals surface area contributed by atoms with Gasteiger partial charge in [-0.2, -0.15) is 5.26 Å². The van der Waals surface area contributed by atoms with Crippen LogP contribution in [0.4, 0.5) is 0 Å². The van der Waals surface area contributed by atoms with Crippen LogP contribution in [0.5, 0.6) is 0 Å². The normalized spacial score (nSPS) is 14.9. The topological polar surface area (TPSA) is 63.0 Å². The highest BCUT2D eigenvalue weighted by Gasteiger charge is 2.26. The van der Waals surface area contributed by atoms with Gasteiger partial charge in [0, 0.05) is 11.3 Å². The van der Waals surface area contributed by atoms with Crippen LogP contribution < -0.4 is 0 Å². The van der Waals surface area contributed by atoms with Crippen LogP contribution >= 0.6 is 11.3 Å². The van der Waals surface area contributed by atoms with E-state index in [-0.39, 0.29) is 12.2 Å². The molecule has 1 fully saturated rings. The minimum Gasteiger partial charge on any atom is -0.457 e. The second-order valence-corrected chi connectivity index (χ2v) is 4.83. The Morgan fingerprint density at radius 1 is 1.72 bits per heavy atom. The van der Waals surface area contributed by atoms with E-state index >= 15 is 0 Å². The Labute approximate surface area is 109 Å². The van der Waals surface area contributed by atoms with Crippen molar-refractivity contribution in [2.24, 2.45) is 0 Å². The molecule has 2 rings (SSSR count). The lowest BCUT2D eigenvalue weighted by atomic mass is 10.2. The summed E-state index contributed by atoms with van der Waals surface area (Å²) in [4.78, 5) is 15.9. The number of ether oxygens (including phenoxy) is 1. The van der Waals surface area contributed by atoms with E-state index in [1.807, 2.05) is 11.4 Å². The molecule has 1 aromatic rings. The van der Waals surface area contributed by atoms with Gasteiger partial charge in [-0.25, -0.2) is 9.78 Å². The first-order valence-corrected chi connectivity index (χ1v) is 6.47. The average Bonchev–Trinajstić information content (AvgIpc) is 3.13. The van der Waals surface area contributed by atoms with Crippen LogP contribution in [0, 0.1) is 11.3 Å². The lowest BCUT2D eigenvalue weighted by Crippen LogP contribution is -2.06. The maximum absolute atomic E-state index is 11.5. The third kappa shape index (κ3) is 3.05. The summed E-state index contributed by atoms with van der Waals surface area (Å²) in [6, 6.07) is 1.83. The Hall–Kier alpha value is -1.93. The van der Waals surface area contributed by atoms with Gasteiger partial charge in [0.05, 0.1) is 10.7 Å². The third-order valence-corrected chi connectivity index (χ3v) is 3.46. The molecule has 1 aromatic heterocycles. The number of nitrogens with zero attached hydrogens (tertiary/aromatic N) is 2. The molecule has 0 N–H and O–H groups in total. The highest BCUT2D eigenvalue weighted by molar-refractivity contribution is 7.09. The second kappa shape index (κ2) is 5.61. The molecule has 0 amide bonds. The van der Waals surface area contributed by atoms with E-state index in [1.54, 1.807) is 11.3 Å². The van der Waals surface area contributed by atoms with Gasteiger partial charge in [-0.15, -0.1) is 11.3 Å². The molecule has 1 aliphatic carbocycles. The molecule has 92 valence electrons. The maximum Gasteiger partial charge on any atom is 0.349 e. The van der Waals surface area contributed by atoms with Gasteiger partial charge < -0.3 is 4.74 Å². The molecule has 18 heavy (non-hydrogen) atoms. The van der Waals surface area contributed by atoms with Crippen molar-refractivity contribution in [3.63, 3.8) is 0 Å². The molecule has 4 nitrogen and oxygen atoms in total. The molecule has 0 unspecified atom stereocenters. The van der Waals surface area contributed by atoms with Crippen LogP contribution in [0.2, 0.25) is 0 Å². The van der Waals surface area contributed by atoms with Crippen molar-refractivity contribution < 1.29 is 9.53 Å². The van der Waals surface area contributed by atoms with Crippen LogP contribution in [0.25, 0.3) is 6.08 Å². The molecule has 0 aromatic carbocycles. The number of hydrogen-bond donors (Lipinski definition) is 0. The molecule has 0 aliphatic heterocycles. The second-order valence-electron chi connectivity index (χ2n) is 3.94. The highest BCUT2D eigenvalue weighted by atomic mass is 32.1. The maximum atomic E-state index is 11.5. The molecule has 0 spiro atoms. The van der Waals surface area contributed by atoms with Gasteiger partial charge in [-0.05, 0) is 18.9 Å². The van der Waals surface area contributed by atoms with E-state index in [1.165, 1.54) is 25.0 Å². The molecule has 0 radical (unpaired) electrons. The van der Waals surface area contributed by atoms with Gasteiger partial charge in [-0.3, -0.25) is 0 Å². The molecule has 0 saturated heterocycles. The van der Waals surface area contributed by atoms with Crippen LogP contribution in [0.1, 0.15) is 29.5 Å². The number of hydrogen-bond acceptors (Lipinski definition) is 5. The minimum absolute atomic E-state index is 0.0375. The quantitative estimate of drug-likeness (QED) is 0.353. The zero-order valence-corrected chi connectivity index (χ0v) is 10.6. The molecular weight excluding hydrogens is 248 g/mol. The Morgan fingerprint density at radius 3 is 3.11 bits per heavy atom. The fraction of sp³-hybridized carbons (Fsp3) is 0.308. The monoisotopic (exact) mass is 260 g/mol. The van der Waals surface area contributed by atoms with Crippen molar-refractivity contribution in [2.45, 2.75) is 18.8 Å². The minimum atomic E-state index is -0.640. The number of nitriles is 1. The average molecular weight is 260 g/mol. The largest absolute Gasteiger partial charge is 0.457 e. The van der Waals surface area contributed by atoms with E-state index in [9.17, 15) is 4.79 Å². The summed E-state index contributed by atoms with van der Waals surface area (Å²) < 4.78 is 4.81. The molecule has 5 heteroatoms. The van der Waals surface area contributed by atoms with Gasteiger partial charge in [0.15, 0.2) is 0 Å². The van der Waals surface area contributed by atoms with E-state index in [0.717, 1.165) is 5.01 Å². The number of rotatable bonds is 5. The number of carbonyl (C=O) groups is 1. The Morgan fingerprint density at radius 2 is 2.50 bits per heavy atom. The van der Waals surface area contributed by atoms with E-state index < -0.39 is 5.97 Å². The summed E-state index contributed by atoms with van der Waals surface area (Å²) in [5.74, 6) is -0.0613. The first kappa shape index (κ1) is 12.5. The SMILES string of the molecule is C=CCOC(=O)C(C#N)=Cc1csc(C2CC2)n1. The summed E-state index contributed by atoms with van der Waals surface area (Å²) in [6.07, 6.45) is 5.29. The molecule has 0 bridgehead atoms. The Kier molecular flexibility index (Phi) is 3.90. The predicted molar refractivity (Wildman–Crippen MR) is 68.8 cm³/mol. The number of carbonyl (C=O) groups excluding carboxylic acids is 1. The van der Waals surface area contributed by atoms with Crippen molar-refractivity contribution in [2.75, 3.05) is 6.61 Å². The zero-order chi connectivity index (χ0) is 13.0. The summed E-state index contributed by atoms with van der Waals surface area (Å²) in [6.45, 7) is 3.54.